The summed E-state index contributed by atoms with van der Waals surface area (Å²) in [5.74, 6) is -0.970. The molecule has 0 saturated carbocycles. The average molecular weight is 298 g/mol. The van der Waals surface area contributed by atoms with Crippen molar-refractivity contribution in [3.05, 3.63) is 36.2 Å². The fraction of sp³-hybridized carbons (Fsp3) is 0.100. The van der Waals surface area contributed by atoms with Crippen LogP contribution in [-0.2, 0) is 6.18 Å². The highest BCUT2D eigenvalue weighted by molar-refractivity contribution is 6.00. The lowest BCUT2D eigenvalue weighted by atomic mass is 10.5. The third kappa shape index (κ3) is 2.52. The maximum absolute atomic E-state index is 12.3. The van der Waals surface area contributed by atoms with Gasteiger partial charge in [0, 0.05) is 12.4 Å². The number of rotatable bonds is 2. The topological polar surface area (TPSA) is 98.2 Å². The zero-order valence-corrected chi connectivity index (χ0v) is 10.00. The fourth-order valence-corrected chi connectivity index (χ4v) is 1.44. The fourth-order valence-electron chi connectivity index (χ4n) is 1.44. The van der Waals surface area contributed by atoms with E-state index >= 15 is 0 Å². The molecular weight excluding hydrogens is 293 g/mol. The van der Waals surface area contributed by atoms with E-state index in [0.717, 1.165) is 0 Å². The molecule has 11 heteroatoms. The lowest BCUT2D eigenvalue weighted by Crippen LogP contribution is -2.14. The first-order chi connectivity index (χ1) is 9.93. The Morgan fingerprint density at radius 2 is 2.14 bits per heavy atom. The van der Waals surface area contributed by atoms with E-state index in [1.165, 1.54) is 16.9 Å². The summed E-state index contributed by atoms with van der Waals surface area (Å²) >= 11 is 0. The molecule has 0 radical (unpaired) electrons. The predicted molar refractivity (Wildman–Crippen MR) is 60.2 cm³/mol. The molecule has 0 spiro atoms. The normalized spacial score (nSPS) is 11.8. The van der Waals surface area contributed by atoms with E-state index in [9.17, 15) is 18.0 Å². The van der Waals surface area contributed by atoms with E-state index < -0.39 is 23.8 Å². The number of fused-ring (bicyclic) bond motifs is 1. The molecule has 0 atom stereocenters. The van der Waals surface area contributed by atoms with Crippen LogP contribution in [0.4, 0.5) is 19.2 Å². The minimum atomic E-state index is -4.66. The van der Waals surface area contributed by atoms with Crippen LogP contribution in [0.25, 0.3) is 5.78 Å². The number of oxazole rings is 1. The van der Waals surface area contributed by atoms with Crippen LogP contribution in [0.5, 0.6) is 0 Å². The van der Waals surface area contributed by atoms with Gasteiger partial charge in [-0.3, -0.25) is 10.1 Å². The molecule has 0 fully saturated rings. The van der Waals surface area contributed by atoms with Gasteiger partial charge in [-0.2, -0.15) is 23.1 Å². The first-order valence-corrected chi connectivity index (χ1v) is 5.45. The van der Waals surface area contributed by atoms with Gasteiger partial charge in [-0.05, 0) is 6.07 Å². The smallest absolute Gasteiger partial charge is 0.431 e. The summed E-state index contributed by atoms with van der Waals surface area (Å²) in [5, 5.41) is 5.83. The minimum Gasteiger partial charge on any atom is -0.431 e. The minimum absolute atomic E-state index is 0.172. The standard InChI is InChI=1S/C10H5F3N6O2/c11-10(12,13)5-4-21-9(15-5)17-7(20)6-16-8-14-2-1-3-19(8)18-6/h1-4H,(H,15,17,20). The SMILES string of the molecule is O=C(Nc1nc(C(F)(F)F)co1)c1nc2ncccn2n1. The summed E-state index contributed by atoms with van der Waals surface area (Å²) in [4.78, 5) is 22.5. The number of nitrogens with zero attached hydrogens (tertiary/aromatic N) is 5. The second kappa shape index (κ2) is 4.54. The van der Waals surface area contributed by atoms with Crippen LogP contribution in [0.2, 0.25) is 0 Å². The van der Waals surface area contributed by atoms with Gasteiger partial charge in [0.05, 0.1) is 0 Å². The number of hydrogen-bond acceptors (Lipinski definition) is 6. The molecule has 0 aliphatic heterocycles. The molecule has 3 aromatic heterocycles. The van der Waals surface area contributed by atoms with E-state index in [-0.39, 0.29) is 11.6 Å². The largest absolute Gasteiger partial charge is 0.436 e. The Morgan fingerprint density at radius 1 is 1.33 bits per heavy atom. The highest BCUT2D eigenvalue weighted by Crippen LogP contribution is 2.29. The van der Waals surface area contributed by atoms with Gasteiger partial charge in [0.2, 0.25) is 5.82 Å². The van der Waals surface area contributed by atoms with E-state index in [0.29, 0.717) is 6.26 Å². The molecule has 108 valence electrons. The van der Waals surface area contributed by atoms with Gasteiger partial charge in [0.1, 0.15) is 6.26 Å². The maximum Gasteiger partial charge on any atom is 0.436 e. The molecular formula is C10H5F3N6O2. The first-order valence-electron chi connectivity index (χ1n) is 5.45. The van der Waals surface area contributed by atoms with Crippen molar-refractivity contribution in [2.45, 2.75) is 6.18 Å². The molecule has 1 amide bonds. The Kier molecular flexibility index (Phi) is 2.82. The Hall–Kier alpha value is -2.98. The number of hydrogen-bond donors (Lipinski definition) is 1. The number of halogens is 3. The number of amides is 1. The Bertz CT molecular complexity index is 775. The number of anilines is 1. The molecule has 0 aliphatic rings. The molecule has 3 rings (SSSR count). The summed E-state index contributed by atoms with van der Waals surface area (Å²) in [6.45, 7) is 0. The van der Waals surface area contributed by atoms with E-state index in [2.05, 4.69) is 24.5 Å². The molecule has 0 aromatic carbocycles. The van der Waals surface area contributed by atoms with Crippen molar-refractivity contribution < 1.29 is 22.4 Å². The number of nitrogens with one attached hydrogen (secondary N) is 1. The number of carbonyl (C=O) groups excluding carboxylic acids is 1. The molecule has 21 heavy (non-hydrogen) atoms. The van der Waals surface area contributed by atoms with E-state index in [4.69, 9.17) is 0 Å². The molecule has 0 saturated heterocycles. The highest BCUT2D eigenvalue weighted by atomic mass is 19.4. The zero-order chi connectivity index (χ0) is 15.0. The second-order valence-electron chi connectivity index (χ2n) is 3.79. The molecule has 8 nitrogen and oxygen atoms in total. The molecule has 0 bridgehead atoms. The second-order valence-corrected chi connectivity index (χ2v) is 3.79. The molecule has 3 aromatic rings. The summed E-state index contributed by atoms with van der Waals surface area (Å²) in [6.07, 6.45) is -1.29. The van der Waals surface area contributed by atoms with Crippen molar-refractivity contribution >= 4 is 17.7 Å². The number of alkyl halides is 3. The van der Waals surface area contributed by atoms with Gasteiger partial charge in [0.15, 0.2) is 5.69 Å². The van der Waals surface area contributed by atoms with Crippen LogP contribution >= 0.6 is 0 Å². The van der Waals surface area contributed by atoms with Crippen molar-refractivity contribution in [1.29, 1.82) is 0 Å². The Morgan fingerprint density at radius 3 is 2.81 bits per heavy atom. The Labute approximate surface area is 113 Å². The van der Waals surface area contributed by atoms with Gasteiger partial charge in [-0.15, -0.1) is 5.10 Å². The van der Waals surface area contributed by atoms with Crippen LogP contribution in [-0.4, -0.2) is 30.5 Å². The van der Waals surface area contributed by atoms with Gasteiger partial charge in [0.25, 0.3) is 11.7 Å². The van der Waals surface area contributed by atoms with Gasteiger partial charge in [-0.1, -0.05) is 0 Å². The van der Waals surface area contributed by atoms with Crippen molar-refractivity contribution in [2.24, 2.45) is 0 Å². The van der Waals surface area contributed by atoms with Crippen molar-refractivity contribution in [2.75, 3.05) is 5.32 Å². The lowest BCUT2D eigenvalue weighted by Gasteiger charge is -1.98. The molecule has 3 heterocycles. The third-order valence-corrected chi connectivity index (χ3v) is 2.33. The van der Waals surface area contributed by atoms with Crippen LogP contribution in [0.3, 0.4) is 0 Å². The zero-order valence-electron chi connectivity index (χ0n) is 10.00. The molecule has 0 aliphatic carbocycles. The molecule has 0 unspecified atom stereocenters. The summed E-state index contributed by atoms with van der Waals surface area (Å²) in [7, 11) is 0. The monoisotopic (exact) mass is 298 g/mol. The molecule has 1 N–H and O–H groups in total. The quantitative estimate of drug-likeness (QED) is 0.767. The lowest BCUT2D eigenvalue weighted by molar-refractivity contribution is -0.141. The van der Waals surface area contributed by atoms with Crippen molar-refractivity contribution in [3.63, 3.8) is 0 Å². The summed E-state index contributed by atoms with van der Waals surface area (Å²) in [5.41, 5.74) is -1.25. The number of carbonyl (C=O) groups is 1. The third-order valence-electron chi connectivity index (χ3n) is 2.33. The van der Waals surface area contributed by atoms with Crippen molar-refractivity contribution in [1.82, 2.24) is 24.6 Å². The summed E-state index contributed by atoms with van der Waals surface area (Å²) in [6, 6.07) is 0.978. The predicted octanol–water partition coefficient (Wildman–Crippen LogP) is 1.38. The van der Waals surface area contributed by atoms with Crippen LogP contribution in [0.1, 0.15) is 16.3 Å². The van der Waals surface area contributed by atoms with Crippen molar-refractivity contribution in [3.8, 4) is 0 Å². The summed E-state index contributed by atoms with van der Waals surface area (Å²) < 4.78 is 42.7. The highest BCUT2D eigenvalue weighted by Gasteiger charge is 2.35. The maximum atomic E-state index is 12.3. The van der Waals surface area contributed by atoms with E-state index in [1.807, 2.05) is 5.32 Å². The average Bonchev–Trinajstić information content (AvgIpc) is 3.03. The van der Waals surface area contributed by atoms with E-state index in [1.54, 1.807) is 6.07 Å². The first kappa shape index (κ1) is 13.0. The van der Waals surface area contributed by atoms with Crippen LogP contribution < -0.4 is 5.32 Å². The van der Waals surface area contributed by atoms with Gasteiger partial charge >= 0.3 is 12.2 Å². The number of aromatic nitrogens is 5. The van der Waals surface area contributed by atoms with Gasteiger partial charge < -0.3 is 4.42 Å². The van der Waals surface area contributed by atoms with Crippen LogP contribution in [0, 0.1) is 0 Å². The van der Waals surface area contributed by atoms with Gasteiger partial charge in [-0.25, -0.2) is 9.50 Å². The Balaban J connectivity index is 1.81. The van der Waals surface area contributed by atoms with Crippen LogP contribution in [0.15, 0.2) is 29.1 Å².